The van der Waals surface area contributed by atoms with Crippen molar-refractivity contribution in [3.05, 3.63) is 88.2 Å². The van der Waals surface area contributed by atoms with E-state index in [0.717, 1.165) is 5.56 Å². The molecule has 0 N–H and O–H groups in total. The lowest BCUT2D eigenvalue weighted by atomic mass is 10.1. The molecule has 5 nitrogen and oxygen atoms in total. The molecule has 0 saturated heterocycles. The van der Waals surface area contributed by atoms with Crippen LogP contribution in [0.3, 0.4) is 0 Å². The number of ether oxygens (including phenoxy) is 1. The van der Waals surface area contributed by atoms with Crippen molar-refractivity contribution in [2.24, 2.45) is 0 Å². The molecule has 0 aliphatic rings. The summed E-state index contributed by atoms with van der Waals surface area (Å²) >= 11 is 0. The Labute approximate surface area is 137 Å². The molecule has 120 valence electrons. The molecule has 24 heavy (non-hydrogen) atoms. The van der Waals surface area contributed by atoms with Crippen molar-refractivity contribution in [1.29, 1.82) is 0 Å². The van der Waals surface area contributed by atoms with Crippen LogP contribution in [0, 0.1) is 15.9 Å². The van der Waals surface area contributed by atoms with Crippen LogP contribution in [0.1, 0.15) is 5.56 Å². The molecule has 0 bridgehead atoms. The van der Waals surface area contributed by atoms with Crippen molar-refractivity contribution in [2.75, 3.05) is 0 Å². The van der Waals surface area contributed by atoms with Crippen molar-refractivity contribution < 1.29 is 14.1 Å². The third kappa shape index (κ3) is 3.38. The molecule has 2 aromatic carbocycles. The Balaban J connectivity index is 1.83. The first-order chi connectivity index (χ1) is 11.6. The Morgan fingerprint density at radius 2 is 1.75 bits per heavy atom. The molecule has 0 atom stereocenters. The highest BCUT2D eigenvalue weighted by Crippen LogP contribution is 2.24. The van der Waals surface area contributed by atoms with E-state index in [2.05, 4.69) is 4.98 Å². The van der Waals surface area contributed by atoms with Crippen LogP contribution in [0.2, 0.25) is 0 Å². The Hall–Kier alpha value is -3.28. The zero-order valence-corrected chi connectivity index (χ0v) is 12.6. The lowest BCUT2D eigenvalue weighted by molar-refractivity contribution is -0.386. The molecule has 6 heteroatoms. The number of hydrogen-bond acceptors (Lipinski definition) is 4. The SMILES string of the molecule is O=[N+]([O-])c1cccc(F)c1COc1cccc(-c2ccccc2)n1. The molecular formula is C18H13FN2O3. The summed E-state index contributed by atoms with van der Waals surface area (Å²) in [7, 11) is 0. The van der Waals surface area contributed by atoms with E-state index in [-0.39, 0.29) is 23.7 Å². The highest BCUT2D eigenvalue weighted by atomic mass is 19.1. The second-order valence-corrected chi connectivity index (χ2v) is 5.01. The van der Waals surface area contributed by atoms with Crippen molar-refractivity contribution in [3.8, 4) is 17.1 Å². The third-order valence-corrected chi connectivity index (χ3v) is 3.45. The van der Waals surface area contributed by atoms with Crippen LogP contribution in [-0.2, 0) is 6.61 Å². The van der Waals surface area contributed by atoms with Gasteiger partial charge < -0.3 is 4.74 Å². The number of nitro groups is 1. The molecule has 0 spiro atoms. The zero-order valence-electron chi connectivity index (χ0n) is 12.6. The predicted molar refractivity (Wildman–Crippen MR) is 87.1 cm³/mol. The average Bonchev–Trinajstić information content (AvgIpc) is 2.61. The maximum absolute atomic E-state index is 13.9. The number of halogens is 1. The molecule has 0 radical (unpaired) electrons. The second kappa shape index (κ2) is 6.87. The monoisotopic (exact) mass is 324 g/mol. The number of rotatable bonds is 5. The Bertz CT molecular complexity index is 869. The van der Waals surface area contributed by atoms with E-state index < -0.39 is 10.7 Å². The number of hydrogen-bond donors (Lipinski definition) is 0. The van der Waals surface area contributed by atoms with Gasteiger partial charge in [0.15, 0.2) is 0 Å². The minimum atomic E-state index is -0.677. The first-order valence-electron chi connectivity index (χ1n) is 7.22. The van der Waals surface area contributed by atoms with Gasteiger partial charge in [0.05, 0.1) is 10.6 Å². The molecule has 0 amide bonds. The molecule has 0 aliphatic carbocycles. The second-order valence-electron chi connectivity index (χ2n) is 5.01. The van der Waals surface area contributed by atoms with Gasteiger partial charge in [-0.05, 0) is 12.1 Å². The van der Waals surface area contributed by atoms with Gasteiger partial charge in [-0.3, -0.25) is 10.1 Å². The molecule has 3 rings (SSSR count). The summed E-state index contributed by atoms with van der Waals surface area (Å²) in [6.07, 6.45) is 0. The van der Waals surface area contributed by atoms with E-state index in [1.165, 1.54) is 18.2 Å². The Morgan fingerprint density at radius 3 is 2.50 bits per heavy atom. The van der Waals surface area contributed by atoms with Gasteiger partial charge in [-0.2, -0.15) is 0 Å². The Morgan fingerprint density at radius 1 is 1.00 bits per heavy atom. The third-order valence-electron chi connectivity index (χ3n) is 3.45. The first-order valence-corrected chi connectivity index (χ1v) is 7.22. The molecule has 1 aromatic heterocycles. The van der Waals surface area contributed by atoms with Crippen LogP contribution in [0.5, 0.6) is 5.88 Å². The van der Waals surface area contributed by atoms with Gasteiger partial charge >= 0.3 is 0 Å². The summed E-state index contributed by atoms with van der Waals surface area (Å²) in [6.45, 7) is -0.270. The Kier molecular flexibility index (Phi) is 4.47. The molecule has 1 heterocycles. The molecule has 3 aromatic rings. The van der Waals surface area contributed by atoms with E-state index in [1.807, 2.05) is 36.4 Å². The number of benzene rings is 2. The van der Waals surface area contributed by atoms with Gasteiger partial charge in [-0.1, -0.05) is 42.5 Å². The zero-order chi connectivity index (χ0) is 16.9. The van der Waals surface area contributed by atoms with Gasteiger partial charge in [0.1, 0.15) is 18.0 Å². The number of pyridine rings is 1. The first kappa shape index (κ1) is 15.6. The van der Waals surface area contributed by atoms with Crippen LogP contribution in [-0.4, -0.2) is 9.91 Å². The molecule has 0 aliphatic heterocycles. The van der Waals surface area contributed by atoms with Crippen LogP contribution >= 0.6 is 0 Å². The number of nitro benzene ring substituents is 1. The quantitative estimate of drug-likeness (QED) is 0.516. The summed E-state index contributed by atoms with van der Waals surface area (Å²) in [5, 5.41) is 11.0. The van der Waals surface area contributed by atoms with Crippen LogP contribution in [0.25, 0.3) is 11.3 Å². The fourth-order valence-electron chi connectivity index (χ4n) is 2.27. The van der Waals surface area contributed by atoms with Gasteiger partial charge in [-0.15, -0.1) is 0 Å². The van der Waals surface area contributed by atoms with Gasteiger partial charge in [0.25, 0.3) is 5.69 Å². The minimum absolute atomic E-state index is 0.102. The summed E-state index contributed by atoms with van der Waals surface area (Å²) in [4.78, 5) is 14.7. The molecule has 0 unspecified atom stereocenters. The van der Waals surface area contributed by atoms with Gasteiger partial charge in [0, 0.05) is 17.7 Å². The molecule has 0 fully saturated rings. The van der Waals surface area contributed by atoms with Gasteiger partial charge in [0.2, 0.25) is 5.88 Å². The predicted octanol–water partition coefficient (Wildman–Crippen LogP) is 4.37. The lowest BCUT2D eigenvalue weighted by Gasteiger charge is -2.08. The van der Waals surface area contributed by atoms with Crippen LogP contribution < -0.4 is 4.74 Å². The average molecular weight is 324 g/mol. The summed E-state index contributed by atoms with van der Waals surface area (Å²) in [5.74, 6) is -0.405. The molecule has 0 saturated carbocycles. The fraction of sp³-hybridized carbons (Fsp3) is 0.0556. The lowest BCUT2D eigenvalue weighted by Crippen LogP contribution is -2.04. The maximum Gasteiger partial charge on any atom is 0.278 e. The van der Waals surface area contributed by atoms with E-state index in [1.54, 1.807) is 12.1 Å². The summed E-state index contributed by atoms with van der Waals surface area (Å²) in [5.41, 5.74) is 1.21. The van der Waals surface area contributed by atoms with E-state index in [0.29, 0.717) is 5.69 Å². The fourth-order valence-corrected chi connectivity index (χ4v) is 2.27. The summed E-state index contributed by atoms with van der Waals surface area (Å²) in [6, 6.07) is 18.4. The standard InChI is InChI=1S/C18H13FN2O3/c19-15-8-4-10-17(21(22)23)14(15)12-24-18-11-5-9-16(20-18)13-6-2-1-3-7-13/h1-11H,12H2. The maximum atomic E-state index is 13.9. The highest BCUT2D eigenvalue weighted by molar-refractivity contribution is 5.59. The number of aromatic nitrogens is 1. The van der Waals surface area contributed by atoms with Crippen molar-refractivity contribution in [2.45, 2.75) is 6.61 Å². The normalized spacial score (nSPS) is 10.4. The van der Waals surface area contributed by atoms with E-state index in [9.17, 15) is 14.5 Å². The van der Waals surface area contributed by atoms with E-state index >= 15 is 0 Å². The van der Waals surface area contributed by atoms with Crippen LogP contribution in [0.15, 0.2) is 66.7 Å². The highest BCUT2D eigenvalue weighted by Gasteiger charge is 2.18. The largest absolute Gasteiger partial charge is 0.472 e. The number of nitrogens with zero attached hydrogens (tertiary/aromatic N) is 2. The van der Waals surface area contributed by atoms with Gasteiger partial charge in [-0.25, -0.2) is 9.37 Å². The molecular weight excluding hydrogens is 311 g/mol. The van der Waals surface area contributed by atoms with Crippen molar-refractivity contribution >= 4 is 5.69 Å². The summed E-state index contributed by atoms with van der Waals surface area (Å²) < 4.78 is 19.3. The van der Waals surface area contributed by atoms with Crippen molar-refractivity contribution in [1.82, 2.24) is 4.98 Å². The minimum Gasteiger partial charge on any atom is -0.472 e. The van der Waals surface area contributed by atoms with Crippen LogP contribution in [0.4, 0.5) is 10.1 Å². The van der Waals surface area contributed by atoms with E-state index in [4.69, 9.17) is 4.74 Å². The smallest absolute Gasteiger partial charge is 0.278 e. The van der Waals surface area contributed by atoms with Crippen molar-refractivity contribution in [3.63, 3.8) is 0 Å². The topological polar surface area (TPSA) is 65.3 Å².